The second kappa shape index (κ2) is 10.8. The van der Waals surface area contributed by atoms with Gasteiger partial charge in [-0.3, -0.25) is 9.59 Å². The molecule has 0 saturated carbocycles. The van der Waals surface area contributed by atoms with Crippen LogP contribution in [0.15, 0.2) is 42.7 Å². The van der Waals surface area contributed by atoms with Crippen molar-refractivity contribution in [3.63, 3.8) is 0 Å². The van der Waals surface area contributed by atoms with E-state index in [-0.39, 0.29) is 18.4 Å². The van der Waals surface area contributed by atoms with Crippen LogP contribution in [-0.4, -0.2) is 82.6 Å². The molecule has 1 saturated heterocycles. The Morgan fingerprint density at radius 1 is 1.07 bits per heavy atom. The van der Waals surface area contributed by atoms with Crippen LogP contribution in [0.4, 0.5) is 0 Å². The first-order valence-corrected chi connectivity index (χ1v) is 10.3. The van der Waals surface area contributed by atoms with Gasteiger partial charge in [-0.25, -0.2) is 9.97 Å². The van der Waals surface area contributed by atoms with E-state index in [1.165, 1.54) is 0 Å². The lowest BCUT2D eigenvalue weighted by molar-refractivity contribution is -0.135. The van der Waals surface area contributed by atoms with E-state index in [2.05, 4.69) is 20.2 Å². The Balaban J connectivity index is 1.66. The summed E-state index contributed by atoms with van der Waals surface area (Å²) in [6, 6.07) is 8.18. The number of nitrogens with one attached hydrogen (secondary N) is 1. The molecule has 2 aromatic rings. The summed E-state index contributed by atoms with van der Waals surface area (Å²) in [5.74, 6) is 0.257. The van der Waals surface area contributed by atoms with Gasteiger partial charge in [-0.15, -0.1) is 0 Å². The molecule has 160 valence electrons. The van der Waals surface area contributed by atoms with Crippen molar-refractivity contribution < 1.29 is 14.7 Å². The number of nitrogens with zero attached hydrogens (tertiary/aromatic N) is 4. The van der Waals surface area contributed by atoms with Crippen molar-refractivity contribution in [2.24, 2.45) is 0 Å². The van der Waals surface area contributed by atoms with Gasteiger partial charge in [0.25, 0.3) is 5.91 Å². The highest BCUT2D eigenvalue weighted by molar-refractivity contribution is 5.97. The third-order valence-electron chi connectivity index (χ3n) is 5.29. The number of benzene rings is 1. The van der Waals surface area contributed by atoms with E-state index in [9.17, 15) is 9.59 Å². The lowest BCUT2D eigenvalue weighted by atomic mass is 10.1. The third kappa shape index (κ3) is 5.84. The number of piperazine rings is 1. The SMILES string of the molecule is CN1CCN(C(=O)[C@H](CCCCO)NC(=O)c2ccc(-c3ncccn3)cc2)CC1. The van der Waals surface area contributed by atoms with Crippen LogP contribution in [0.25, 0.3) is 11.4 Å². The molecule has 1 aromatic carbocycles. The Morgan fingerprint density at radius 2 is 1.73 bits per heavy atom. The molecule has 0 aliphatic carbocycles. The van der Waals surface area contributed by atoms with E-state index in [0.29, 0.717) is 43.7 Å². The monoisotopic (exact) mass is 411 g/mol. The van der Waals surface area contributed by atoms with Crippen LogP contribution in [0.5, 0.6) is 0 Å². The average molecular weight is 412 g/mol. The number of carbonyl (C=O) groups excluding carboxylic acids is 2. The van der Waals surface area contributed by atoms with Crippen molar-refractivity contribution in [3.8, 4) is 11.4 Å². The molecule has 2 heterocycles. The van der Waals surface area contributed by atoms with Gasteiger partial charge in [-0.1, -0.05) is 12.1 Å². The number of aromatic nitrogens is 2. The first-order chi connectivity index (χ1) is 14.6. The van der Waals surface area contributed by atoms with Crippen molar-refractivity contribution in [2.45, 2.75) is 25.3 Å². The minimum absolute atomic E-state index is 0.0521. The molecule has 30 heavy (non-hydrogen) atoms. The van der Waals surface area contributed by atoms with Crippen LogP contribution in [0.3, 0.4) is 0 Å². The summed E-state index contributed by atoms with van der Waals surface area (Å²) in [6.07, 6.45) is 5.13. The minimum Gasteiger partial charge on any atom is -0.396 e. The molecule has 8 nitrogen and oxygen atoms in total. The molecule has 0 radical (unpaired) electrons. The number of carbonyl (C=O) groups is 2. The van der Waals surface area contributed by atoms with Gasteiger partial charge in [0.05, 0.1) is 0 Å². The van der Waals surface area contributed by atoms with Gasteiger partial charge in [0.15, 0.2) is 5.82 Å². The molecule has 1 aliphatic heterocycles. The second-order valence-corrected chi connectivity index (χ2v) is 7.52. The van der Waals surface area contributed by atoms with E-state index in [1.54, 1.807) is 42.7 Å². The summed E-state index contributed by atoms with van der Waals surface area (Å²) in [5.41, 5.74) is 1.30. The third-order valence-corrected chi connectivity index (χ3v) is 5.29. The Kier molecular flexibility index (Phi) is 7.87. The van der Waals surface area contributed by atoms with Crippen LogP contribution >= 0.6 is 0 Å². The van der Waals surface area contributed by atoms with Crippen molar-refractivity contribution in [1.29, 1.82) is 0 Å². The quantitative estimate of drug-likeness (QED) is 0.633. The molecule has 3 rings (SSSR count). The molecular weight excluding hydrogens is 382 g/mol. The summed E-state index contributed by atoms with van der Waals surface area (Å²) in [6.45, 7) is 3.05. The molecule has 1 aromatic heterocycles. The van der Waals surface area contributed by atoms with Crippen LogP contribution in [0.1, 0.15) is 29.6 Å². The Labute approximate surface area is 176 Å². The molecular formula is C22H29N5O3. The van der Waals surface area contributed by atoms with Gasteiger partial charge in [-0.2, -0.15) is 0 Å². The zero-order valence-electron chi connectivity index (χ0n) is 17.3. The summed E-state index contributed by atoms with van der Waals surface area (Å²) in [5, 5.41) is 12.0. The van der Waals surface area contributed by atoms with Gasteiger partial charge in [0.1, 0.15) is 6.04 Å². The maximum Gasteiger partial charge on any atom is 0.251 e. The normalized spacial score (nSPS) is 15.6. The first-order valence-electron chi connectivity index (χ1n) is 10.3. The van der Waals surface area contributed by atoms with Crippen LogP contribution in [0, 0.1) is 0 Å². The number of aliphatic hydroxyl groups excluding tert-OH is 1. The number of aliphatic hydroxyl groups is 1. The van der Waals surface area contributed by atoms with E-state index in [4.69, 9.17) is 5.11 Å². The number of rotatable bonds is 8. The molecule has 0 unspecified atom stereocenters. The minimum atomic E-state index is -0.593. The van der Waals surface area contributed by atoms with E-state index in [1.807, 2.05) is 11.9 Å². The molecule has 1 aliphatic rings. The summed E-state index contributed by atoms with van der Waals surface area (Å²) in [4.78, 5) is 38.2. The molecule has 1 atom stereocenters. The molecule has 0 spiro atoms. The summed E-state index contributed by atoms with van der Waals surface area (Å²) >= 11 is 0. The molecule has 8 heteroatoms. The van der Waals surface area contributed by atoms with Gasteiger partial charge in [0, 0.05) is 56.3 Å². The fourth-order valence-electron chi connectivity index (χ4n) is 3.43. The topological polar surface area (TPSA) is 98.7 Å². The van der Waals surface area contributed by atoms with Crippen molar-refractivity contribution in [3.05, 3.63) is 48.3 Å². The maximum atomic E-state index is 13.0. The lowest BCUT2D eigenvalue weighted by Crippen LogP contribution is -2.54. The predicted octanol–water partition coefficient (Wildman–Crippen LogP) is 1.18. The Morgan fingerprint density at radius 3 is 2.37 bits per heavy atom. The smallest absolute Gasteiger partial charge is 0.251 e. The molecule has 2 amide bonds. The van der Waals surface area contributed by atoms with E-state index in [0.717, 1.165) is 18.7 Å². The molecule has 1 fully saturated rings. The largest absolute Gasteiger partial charge is 0.396 e. The van der Waals surface area contributed by atoms with Crippen LogP contribution in [-0.2, 0) is 4.79 Å². The van der Waals surface area contributed by atoms with Crippen molar-refractivity contribution in [2.75, 3.05) is 39.8 Å². The molecule has 0 bridgehead atoms. The standard InChI is InChI=1S/C22H29N5O3/c1-26-12-14-27(15-13-26)22(30)19(5-2-3-16-28)25-21(29)18-8-6-17(7-9-18)20-23-10-4-11-24-20/h4,6-11,19,28H,2-3,5,12-16H2,1H3,(H,25,29)/t19-/m0/s1. The zero-order valence-corrected chi connectivity index (χ0v) is 17.3. The van der Waals surface area contributed by atoms with E-state index < -0.39 is 6.04 Å². The number of unbranched alkanes of at least 4 members (excludes halogenated alkanes) is 1. The summed E-state index contributed by atoms with van der Waals surface area (Å²) in [7, 11) is 2.03. The Bertz CT molecular complexity index is 820. The highest BCUT2D eigenvalue weighted by Gasteiger charge is 2.28. The molecule has 2 N–H and O–H groups in total. The highest BCUT2D eigenvalue weighted by Crippen LogP contribution is 2.15. The second-order valence-electron chi connectivity index (χ2n) is 7.52. The fourth-order valence-corrected chi connectivity index (χ4v) is 3.43. The van der Waals surface area contributed by atoms with Gasteiger partial charge in [-0.05, 0) is 44.5 Å². The number of likely N-dealkylation sites (N-methyl/N-ethyl adjacent to an activating group) is 1. The highest BCUT2D eigenvalue weighted by atomic mass is 16.3. The van der Waals surface area contributed by atoms with Gasteiger partial charge < -0.3 is 20.2 Å². The first kappa shape index (κ1) is 21.9. The number of hydrogen-bond donors (Lipinski definition) is 2. The zero-order chi connectivity index (χ0) is 21.3. The maximum absolute atomic E-state index is 13.0. The average Bonchev–Trinajstić information content (AvgIpc) is 2.79. The number of amides is 2. The lowest BCUT2D eigenvalue weighted by Gasteiger charge is -2.34. The van der Waals surface area contributed by atoms with Crippen molar-refractivity contribution in [1.82, 2.24) is 25.1 Å². The Hall–Kier alpha value is -2.84. The predicted molar refractivity (Wildman–Crippen MR) is 114 cm³/mol. The van der Waals surface area contributed by atoms with Gasteiger partial charge in [0.2, 0.25) is 5.91 Å². The van der Waals surface area contributed by atoms with Crippen LogP contribution < -0.4 is 5.32 Å². The van der Waals surface area contributed by atoms with Crippen LogP contribution in [0.2, 0.25) is 0 Å². The van der Waals surface area contributed by atoms with Crippen molar-refractivity contribution >= 4 is 11.8 Å². The summed E-state index contributed by atoms with van der Waals surface area (Å²) < 4.78 is 0. The van der Waals surface area contributed by atoms with Gasteiger partial charge >= 0.3 is 0 Å². The number of hydrogen-bond acceptors (Lipinski definition) is 6. The van der Waals surface area contributed by atoms with E-state index >= 15 is 0 Å². The fraction of sp³-hybridized carbons (Fsp3) is 0.455.